The summed E-state index contributed by atoms with van der Waals surface area (Å²) in [5.74, 6) is 0. The van der Waals surface area contributed by atoms with Gasteiger partial charge in [0.2, 0.25) is 9.84 Å². The molecule has 0 N–H and O–H groups in total. The van der Waals surface area contributed by atoms with Crippen LogP contribution in [0.1, 0.15) is 22.4 Å². The van der Waals surface area contributed by atoms with Gasteiger partial charge in [-0.05, 0) is 78.9 Å². The number of nitriles is 1. The maximum atomic E-state index is 13.7. The Morgan fingerprint density at radius 2 is 1.22 bits per heavy atom. The molecule has 2 aromatic heterocycles. The van der Waals surface area contributed by atoms with Crippen LogP contribution in [0.2, 0.25) is 0 Å². The molecule has 10 rings (SSSR count). The van der Waals surface area contributed by atoms with Gasteiger partial charge in [-0.3, -0.25) is 0 Å². The summed E-state index contributed by atoms with van der Waals surface area (Å²) in [5, 5.41) is 12.6. The normalized spacial score (nSPS) is 13.3. The molecule has 0 saturated carbocycles. The first kappa shape index (κ1) is 27.6. The Bertz CT molecular complexity index is 2920. The Labute approximate surface area is 281 Å². The summed E-state index contributed by atoms with van der Waals surface area (Å²) >= 11 is 0. The van der Waals surface area contributed by atoms with E-state index in [-0.39, 0.29) is 9.79 Å². The number of aliphatic imine (C=N–C) groups is 1. The molecule has 6 nitrogen and oxygen atoms in total. The van der Waals surface area contributed by atoms with Gasteiger partial charge in [-0.15, -0.1) is 0 Å². The molecule has 1 aliphatic heterocycles. The summed E-state index contributed by atoms with van der Waals surface area (Å²) in [7, 11) is -3.81. The molecule has 2 aliphatic rings. The Morgan fingerprint density at radius 3 is 2.00 bits per heavy atom. The van der Waals surface area contributed by atoms with Crippen LogP contribution < -0.4 is 0 Å². The number of allylic oxidation sites excluding steroid dienone is 1. The first-order chi connectivity index (χ1) is 24.0. The minimum atomic E-state index is -3.81. The molecule has 0 unspecified atom stereocenters. The molecule has 0 saturated heterocycles. The molecular weight excluding hydrogens is 625 g/mol. The van der Waals surface area contributed by atoms with Crippen molar-refractivity contribution in [2.24, 2.45) is 4.99 Å². The average Bonchev–Trinajstić information content (AvgIpc) is 3.88. The second kappa shape index (κ2) is 10.0. The van der Waals surface area contributed by atoms with Gasteiger partial charge >= 0.3 is 0 Å². The zero-order valence-corrected chi connectivity index (χ0v) is 26.7. The smallest absolute Gasteiger partial charge is 0.206 e. The number of rotatable bonds is 4. The molecule has 0 spiro atoms. The molecule has 3 heterocycles. The van der Waals surface area contributed by atoms with E-state index in [1.807, 2.05) is 42.5 Å². The molecule has 230 valence electrons. The number of fused-ring (bicyclic) bond motifs is 11. The molecule has 0 amide bonds. The van der Waals surface area contributed by atoms with Gasteiger partial charge in [0.05, 0.1) is 55.1 Å². The fourth-order valence-electron chi connectivity index (χ4n) is 7.52. The van der Waals surface area contributed by atoms with Crippen molar-refractivity contribution in [1.82, 2.24) is 9.13 Å². The summed E-state index contributed by atoms with van der Waals surface area (Å²) in [6.07, 6.45) is 2.25. The zero-order valence-electron chi connectivity index (χ0n) is 25.9. The Kier molecular flexibility index (Phi) is 5.64. The van der Waals surface area contributed by atoms with E-state index in [0.29, 0.717) is 5.56 Å². The van der Waals surface area contributed by atoms with Gasteiger partial charge in [0, 0.05) is 44.2 Å². The number of benzene rings is 6. The number of sulfone groups is 1. The van der Waals surface area contributed by atoms with Crippen molar-refractivity contribution >= 4 is 65.6 Å². The van der Waals surface area contributed by atoms with Gasteiger partial charge < -0.3 is 9.13 Å². The van der Waals surface area contributed by atoms with Crippen molar-refractivity contribution in [2.75, 3.05) is 0 Å². The van der Waals surface area contributed by atoms with Crippen molar-refractivity contribution < 1.29 is 8.42 Å². The second-order valence-electron chi connectivity index (χ2n) is 12.3. The van der Waals surface area contributed by atoms with Crippen molar-refractivity contribution in [1.29, 1.82) is 5.26 Å². The van der Waals surface area contributed by atoms with E-state index in [4.69, 9.17) is 4.99 Å². The highest BCUT2D eigenvalue weighted by atomic mass is 32.2. The maximum Gasteiger partial charge on any atom is 0.206 e. The first-order valence-corrected chi connectivity index (χ1v) is 17.4. The molecule has 0 fully saturated rings. The van der Waals surface area contributed by atoms with Crippen LogP contribution in [0.5, 0.6) is 0 Å². The van der Waals surface area contributed by atoms with Gasteiger partial charge in [-0.2, -0.15) is 5.26 Å². The van der Waals surface area contributed by atoms with Crippen LogP contribution >= 0.6 is 0 Å². The summed E-state index contributed by atoms with van der Waals surface area (Å²) in [4.78, 5) is 5.48. The molecule has 1 aliphatic carbocycles. The number of hydrogen-bond donors (Lipinski definition) is 0. The monoisotopic (exact) mass is 648 g/mol. The Balaban J connectivity index is 1.28. The largest absolute Gasteiger partial charge is 0.307 e. The van der Waals surface area contributed by atoms with Gasteiger partial charge in [0.25, 0.3) is 0 Å². The van der Waals surface area contributed by atoms with E-state index < -0.39 is 9.84 Å². The van der Waals surface area contributed by atoms with Gasteiger partial charge in [0.15, 0.2) is 0 Å². The van der Waals surface area contributed by atoms with Gasteiger partial charge in [-0.1, -0.05) is 66.7 Å². The van der Waals surface area contributed by atoms with Crippen molar-refractivity contribution in [3.8, 4) is 17.4 Å². The summed E-state index contributed by atoms with van der Waals surface area (Å²) in [5.41, 5.74) is 11.6. The van der Waals surface area contributed by atoms with Crippen LogP contribution in [0.3, 0.4) is 0 Å². The third-order valence-corrected chi connectivity index (χ3v) is 11.5. The topological polar surface area (TPSA) is 80.1 Å². The quantitative estimate of drug-likeness (QED) is 0.191. The molecule has 6 aromatic carbocycles. The average molecular weight is 649 g/mol. The fourth-order valence-corrected chi connectivity index (χ4v) is 8.78. The van der Waals surface area contributed by atoms with Crippen molar-refractivity contribution in [3.63, 3.8) is 0 Å². The highest BCUT2D eigenvalue weighted by Crippen LogP contribution is 2.49. The maximum absolute atomic E-state index is 13.7. The van der Waals surface area contributed by atoms with Crippen LogP contribution in [0.25, 0.3) is 55.7 Å². The predicted molar refractivity (Wildman–Crippen MR) is 195 cm³/mol. The van der Waals surface area contributed by atoms with E-state index in [1.165, 1.54) is 24.3 Å². The third kappa shape index (κ3) is 3.80. The Morgan fingerprint density at radius 1 is 0.592 bits per heavy atom. The molecule has 0 radical (unpaired) electrons. The standard InChI is InChI=1S/C42H24N4O2S/c43-25-26-14-18-29(19-15-26)49(47,48)30-20-16-28(17-21-30)46-40-36(24-35-31-10-4-6-12-37(31)44-39(35)40)34-23-22-33-32-11-5-7-13-38(32)45(41(33)42(34)46)27-8-2-1-3-9-27/h1-24H. The van der Waals surface area contributed by atoms with E-state index in [0.717, 1.165) is 77.9 Å². The minimum Gasteiger partial charge on any atom is -0.307 e. The van der Waals surface area contributed by atoms with E-state index in [1.54, 1.807) is 12.1 Å². The lowest BCUT2D eigenvalue weighted by Gasteiger charge is -2.15. The Hall–Kier alpha value is -6.49. The number of nitrogens with zero attached hydrogens (tertiary/aromatic N) is 4. The van der Waals surface area contributed by atoms with E-state index >= 15 is 0 Å². The lowest BCUT2D eigenvalue weighted by molar-refractivity contribution is 0.596. The minimum absolute atomic E-state index is 0.146. The van der Waals surface area contributed by atoms with Crippen molar-refractivity contribution in [3.05, 3.63) is 162 Å². The highest BCUT2D eigenvalue weighted by molar-refractivity contribution is 7.91. The molecule has 8 aromatic rings. The number of para-hydroxylation sites is 3. The third-order valence-electron chi connectivity index (χ3n) is 9.71. The molecular formula is C42H24N4O2S. The number of hydrogen-bond acceptors (Lipinski definition) is 4. The number of aromatic nitrogens is 2. The highest BCUT2D eigenvalue weighted by Gasteiger charge is 2.35. The lowest BCUT2D eigenvalue weighted by atomic mass is 10.0. The van der Waals surface area contributed by atoms with Crippen LogP contribution in [0.15, 0.2) is 154 Å². The van der Waals surface area contributed by atoms with E-state index in [9.17, 15) is 13.7 Å². The first-order valence-electron chi connectivity index (χ1n) is 16.0. The molecule has 49 heavy (non-hydrogen) atoms. The van der Waals surface area contributed by atoms with E-state index in [2.05, 4.69) is 81.9 Å². The fraction of sp³-hybridized carbons (Fsp3) is 0. The van der Waals surface area contributed by atoms with Crippen LogP contribution in [0.4, 0.5) is 5.69 Å². The van der Waals surface area contributed by atoms with Crippen molar-refractivity contribution in [2.45, 2.75) is 9.79 Å². The molecule has 7 heteroatoms. The van der Waals surface area contributed by atoms with Crippen LogP contribution in [-0.2, 0) is 9.84 Å². The molecule has 0 atom stereocenters. The van der Waals surface area contributed by atoms with Crippen LogP contribution in [-0.4, -0.2) is 23.3 Å². The zero-order chi connectivity index (χ0) is 32.9. The summed E-state index contributed by atoms with van der Waals surface area (Å²) < 4.78 is 31.9. The second-order valence-corrected chi connectivity index (χ2v) is 14.3. The van der Waals surface area contributed by atoms with Crippen LogP contribution in [0, 0.1) is 11.3 Å². The van der Waals surface area contributed by atoms with Gasteiger partial charge in [0.1, 0.15) is 0 Å². The summed E-state index contributed by atoms with van der Waals surface area (Å²) in [6.45, 7) is 0. The summed E-state index contributed by atoms with van der Waals surface area (Å²) in [6, 6.07) is 46.7. The predicted octanol–water partition coefficient (Wildman–Crippen LogP) is 9.42. The van der Waals surface area contributed by atoms with Gasteiger partial charge in [-0.25, -0.2) is 13.4 Å². The SMILES string of the molecule is N#Cc1ccc(S(=O)(=O)c2ccc(-n3c4c(c5ccc6c7ccccc7n(-c7ccccc7)c6c53)C=C3C4=Nc4ccccc43)cc2)cc1. The lowest BCUT2D eigenvalue weighted by Crippen LogP contribution is -2.08. The molecule has 0 bridgehead atoms.